The number of benzene rings is 1. The first-order valence-corrected chi connectivity index (χ1v) is 4.97. The highest BCUT2D eigenvalue weighted by molar-refractivity contribution is 5.94. The molecule has 1 aromatic carbocycles. The molecule has 1 rings (SSSR count). The van der Waals surface area contributed by atoms with Crippen molar-refractivity contribution in [2.75, 3.05) is 0 Å². The van der Waals surface area contributed by atoms with Gasteiger partial charge in [0.25, 0.3) is 5.91 Å². The van der Waals surface area contributed by atoms with Crippen LogP contribution in [0.15, 0.2) is 30.3 Å². The quantitative estimate of drug-likeness (QED) is 0.781. The van der Waals surface area contributed by atoms with Gasteiger partial charge in [-0.15, -0.1) is 0 Å². The maximum Gasteiger partial charge on any atom is 0.251 e. The lowest BCUT2D eigenvalue weighted by Gasteiger charge is -2.17. The fourth-order valence-electron chi connectivity index (χ4n) is 1.05. The van der Waals surface area contributed by atoms with Crippen molar-refractivity contribution in [2.24, 2.45) is 5.92 Å². The Balaban J connectivity index is 2.60. The van der Waals surface area contributed by atoms with Gasteiger partial charge in [0.15, 0.2) is 0 Å². The number of hydrogen-bond acceptors (Lipinski definition) is 1. The zero-order valence-corrected chi connectivity index (χ0v) is 8.95. The van der Waals surface area contributed by atoms with Crippen molar-refractivity contribution in [3.8, 4) is 0 Å². The highest BCUT2D eigenvalue weighted by atomic mass is 16.1. The van der Waals surface area contributed by atoms with E-state index in [1.54, 1.807) is 0 Å². The van der Waals surface area contributed by atoms with Gasteiger partial charge in [0, 0.05) is 11.6 Å². The third-order valence-electron chi connectivity index (χ3n) is 2.39. The van der Waals surface area contributed by atoms with Crippen LogP contribution >= 0.6 is 0 Å². The van der Waals surface area contributed by atoms with Crippen molar-refractivity contribution >= 4 is 5.91 Å². The predicted molar refractivity (Wildman–Crippen MR) is 58.2 cm³/mol. The van der Waals surface area contributed by atoms with E-state index in [-0.39, 0.29) is 11.9 Å². The molecular formula is C12H17NO. The number of carbonyl (C=O) groups is 1. The van der Waals surface area contributed by atoms with E-state index in [1.165, 1.54) is 0 Å². The summed E-state index contributed by atoms with van der Waals surface area (Å²) in [4.78, 5) is 11.6. The molecule has 0 aliphatic carbocycles. The van der Waals surface area contributed by atoms with E-state index in [1.807, 2.05) is 37.3 Å². The molecule has 14 heavy (non-hydrogen) atoms. The smallest absolute Gasteiger partial charge is 0.251 e. The summed E-state index contributed by atoms with van der Waals surface area (Å²) in [6, 6.07) is 9.50. The number of carbonyl (C=O) groups excluding carboxylic acids is 1. The molecule has 1 amide bonds. The molecule has 0 saturated heterocycles. The molecule has 0 saturated carbocycles. The lowest BCUT2D eigenvalue weighted by atomic mass is 10.1. The summed E-state index contributed by atoms with van der Waals surface area (Å²) in [5.74, 6) is 0.467. The maximum absolute atomic E-state index is 11.6. The van der Waals surface area contributed by atoms with E-state index in [9.17, 15) is 4.79 Å². The van der Waals surface area contributed by atoms with Crippen LogP contribution in [0.1, 0.15) is 31.1 Å². The highest BCUT2D eigenvalue weighted by Crippen LogP contribution is 2.03. The van der Waals surface area contributed by atoms with Gasteiger partial charge < -0.3 is 5.32 Å². The van der Waals surface area contributed by atoms with E-state index in [2.05, 4.69) is 19.2 Å². The highest BCUT2D eigenvalue weighted by Gasteiger charge is 2.11. The van der Waals surface area contributed by atoms with Gasteiger partial charge >= 0.3 is 0 Å². The number of amides is 1. The fourth-order valence-corrected chi connectivity index (χ4v) is 1.05. The molecule has 0 heterocycles. The van der Waals surface area contributed by atoms with Crippen LogP contribution in [-0.2, 0) is 0 Å². The summed E-state index contributed by atoms with van der Waals surface area (Å²) in [5.41, 5.74) is 0.722. The molecule has 1 N–H and O–H groups in total. The zero-order valence-electron chi connectivity index (χ0n) is 8.95. The van der Waals surface area contributed by atoms with Crippen LogP contribution in [0.25, 0.3) is 0 Å². The van der Waals surface area contributed by atoms with Crippen LogP contribution in [0.4, 0.5) is 0 Å². The van der Waals surface area contributed by atoms with Crippen molar-refractivity contribution in [3.63, 3.8) is 0 Å². The summed E-state index contributed by atoms with van der Waals surface area (Å²) in [6.07, 6.45) is 0. The standard InChI is InChI=1S/C12H17NO/c1-9(2)10(3)13-12(14)11-7-5-4-6-8-11/h4-10H,1-3H3,(H,13,14)/t10-/m1/s1. The van der Waals surface area contributed by atoms with Crippen LogP contribution in [0.3, 0.4) is 0 Å². The molecule has 0 spiro atoms. The van der Waals surface area contributed by atoms with Gasteiger partial charge in [0.2, 0.25) is 0 Å². The summed E-state index contributed by atoms with van der Waals surface area (Å²) >= 11 is 0. The van der Waals surface area contributed by atoms with Crippen LogP contribution < -0.4 is 5.32 Å². The van der Waals surface area contributed by atoms with Crippen LogP contribution in [-0.4, -0.2) is 11.9 Å². The molecule has 2 heteroatoms. The Hall–Kier alpha value is -1.31. The van der Waals surface area contributed by atoms with E-state index in [0.29, 0.717) is 5.92 Å². The van der Waals surface area contributed by atoms with Crippen LogP contribution in [0.2, 0.25) is 0 Å². The minimum absolute atomic E-state index is 0.00630. The minimum atomic E-state index is 0.00630. The molecule has 0 radical (unpaired) electrons. The molecule has 1 aromatic rings. The molecule has 0 unspecified atom stereocenters. The molecule has 0 aromatic heterocycles. The van der Waals surface area contributed by atoms with Crippen LogP contribution in [0, 0.1) is 5.92 Å². The molecule has 2 nitrogen and oxygen atoms in total. The lowest BCUT2D eigenvalue weighted by Crippen LogP contribution is -2.36. The molecule has 1 atom stereocenters. The SMILES string of the molecule is CC(C)[C@@H](C)NC(=O)c1ccccc1. The lowest BCUT2D eigenvalue weighted by molar-refractivity contribution is 0.0930. The third-order valence-corrected chi connectivity index (χ3v) is 2.39. The minimum Gasteiger partial charge on any atom is -0.349 e. The Kier molecular flexibility index (Phi) is 3.69. The normalized spacial score (nSPS) is 12.6. The topological polar surface area (TPSA) is 29.1 Å². The average molecular weight is 191 g/mol. The van der Waals surface area contributed by atoms with E-state index >= 15 is 0 Å². The second kappa shape index (κ2) is 4.80. The molecule has 0 fully saturated rings. The molecular weight excluding hydrogens is 174 g/mol. The second-order valence-corrected chi connectivity index (χ2v) is 3.87. The Morgan fingerprint density at radius 3 is 2.21 bits per heavy atom. The van der Waals surface area contributed by atoms with E-state index in [4.69, 9.17) is 0 Å². The van der Waals surface area contributed by atoms with E-state index < -0.39 is 0 Å². The molecule has 0 aliphatic heterocycles. The summed E-state index contributed by atoms with van der Waals surface area (Å²) < 4.78 is 0. The summed E-state index contributed by atoms with van der Waals surface area (Å²) in [5, 5.41) is 2.96. The van der Waals surface area contributed by atoms with Gasteiger partial charge in [-0.05, 0) is 25.0 Å². The predicted octanol–water partition coefficient (Wildman–Crippen LogP) is 2.46. The molecule has 76 valence electrons. The number of nitrogens with one attached hydrogen (secondary N) is 1. The second-order valence-electron chi connectivity index (χ2n) is 3.87. The largest absolute Gasteiger partial charge is 0.349 e. The Morgan fingerprint density at radius 1 is 1.14 bits per heavy atom. The fraction of sp³-hybridized carbons (Fsp3) is 0.417. The first-order chi connectivity index (χ1) is 6.61. The summed E-state index contributed by atoms with van der Waals surface area (Å²) in [6.45, 7) is 6.21. The van der Waals surface area contributed by atoms with Crippen molar-refractivity contribution in [1.29, 1.82) is 0 Å². The molecule has 0 bridgehead atoms. The van der Waals surface area contributed by atoms with E-state index in [0.717, 1.165) is 5.56 Å². The Bertz CT molecular complexity index is 292. The zero-order chi connectivity index (χ0) is 10.6. The van der Waals surface area contributed by atoms with Crippen molar-refractivity contribution in [1.82, 2.24) is 5.32 Å². The van der Waals surface area contributed by atoms with Gasteiger partial charge in [-0.25, -0.2) is 0 Å². The number of rotatable bonds is 3. The first-order valence-electron chi connectivity index (χ1n) is 4.97. The van der Waals surface area contributed by atoms with Crippen molar-refractivity contribution < 1.29 is 4.79 Å². The van der Waals surface area contributed by atoms with Crippen molar-refractivity contribution in [2.45, 2.75) is 26.8 Å². The Labute approximate surface area is 85.3 Å². The summed E-state index contributed by atoms with van der Waals surface area (Å²) in [7, 11) is 0. The van der Waals surface area contributed by atoms with Crippen LogP contribution in [0.5, 0.6) is 0 Å². The molecule has 0 aliphatic rings. The third kappa shape index (κ3) is 2.87. The maximum atomic E-state index is 11.6. The monoisotopic (exact) mass is 191 g/mol. The van der Waals surface area contributed by atoms with Crippen molar-refractivity contribution in [3.05, 3.63) is 35.9 Å². The average Bonchev–Trinajstić information content (AvgIpc) is 2.19. The van der Waals surface area contributed by atoms with Gasteiger partial charge in [0.1, 0.15) is 0 Å². The first kappa shape index (κ1) is 10.8. The Morgan fingerprint density at radius 2 is 1.71 bits per heavy atom. The number of hydrogen-bond donors (Lipinski definition) is 1. The van der Waals surface area contributed by atoms with Gasteiger partial charge in [0.05, 0.1) is 0 Å². The van der Waals surface area contributed by atoms with Gasteiger partial charge in [-0.1, -0.05) is 32.0 Å². The van der Waals surface area contributed by atoms with Gasteiger partial charge in [-0.2, -0.15) is 0 Å². The van der Waals surface area contributed by atoms with Gasteiger partial charge in [-0.3, -0.25) is 4.79 Å².